The summed E-state index contributed by atoms with van der Waals surface area (Å²) >= 11 is 0. The summed E-state index contributed by atoms with van der Waals surface area (Å²) in [4.78, 5) is 27.7. The zero-order chi connectivity index (χ0) is 17.6. The van der Waals surface area contributed by atoms with Crippen molar-refractivity contribution >= 4 is 28.7 Å². The molecule has 0 saturated carbocycles. The summed E-state index contributed by atoms with van der Waals surface area (Å²) in [7, 11) is 0. The van der Waals surface area contributed by atoms with Gasteiger partial charge in [0.2, 0.25) is 0 Å². The van der Waals surface area contributed by atoms with Crippen molar-refractivity contribution in [3.8, 4) is 0 Å². The van der Waals surface area contributed by atoms with Crippen molar-refractivity contribution in [3.05, 3.63) is 36.5 Å². The van der Waals surface area contributed by atoms with Crippen LogP contribution in [0, 0.1) is 0 Å². The van der Waals surface area contributed by atoms with Crippen LogP contribution >= 0.6 is 0 Å². The summed E-state index contributed by atoms with van der Waals surface area (Å²) in [5.41, 5.74) is 0.809. The minimum Gasteiger partial charge on any atom is -0.444 e. The molecule has 24 heavy (non-hydrogen) atoms. The number of benzene rings is 1. The Morgan fingerprint density at radius 2 is 1.79 bits per heavy atom. The minimum atomic E-state index is -0.545. The predicted octanol–water partition coefficient (Wildman–Crippen LogP) is 2.88. The molecule has 0 aliphatic rings. The predicted molar refractivity (Wildman–Crippen MR) is 93.0 cm³/mol. The molecule has 1 heterocycles. The van der Waals surface area contributed by atoms with Crippen molar-refractivity contribution in [1.29, 1.82) is 0 Å². The molecule has 1 aromatic carbocycles. The number of alkyl carbamates (subject to hydrolysis) is 1. The number of nitrogens with one attached hydrogen (secondary N) is 3. The number of rotatable bonds is 4. The first-order valence-electron chi connectivity index (χ1n) is 7.70. The van der Waals surface area contributed by atoms with Crippen LogP contribution in [0.3, 0.4) is 0 Å². The first-order valence-corrected chi connectivity index (χ1v) is 7.70. The molecule has 7 nitrogen and oxygen atoms in total. The molecule has 2 rings (SSSR count). The van der Waals surface area contributed by atoms with Gasteiger partial charge in [0.25, 0.3) is 0 Å². The number of carbonyl (C=O) groups excluding carboxylic acids is 2. The number of fused-ring (bicyclic) bond motifs is 1. The fraction of sp³-hybridized carbons (Fsp3) is 0.353. The number of urea groups is 1. The van der Waals surface area contributed by atoms with E-state index in [1.165, 1.54) is 0 Å². The molecule has 0 atom stereocenters. The van der Waals surface area contributed by atoms with Crippen molar-refractivity contribution < 1.29 is 14.3 Å². The summed E-state index contributed by atoms with van der Waals surface area (Å²) in [6.45, 7) is 5.92. The molecule has 0 spiro atoms. The van der Waals surface area contributed by atoms with Gasteiger partial charge in [-0.1, -0.05) is 18.2 Å². The average molecular weight is 330 g/mol. The largest absolute Gasteiger partial charge is 0.444 e. The van der Waals surface area contributed by atoms with E-state index in [0.29, 0.717) is 5.69 Å². The molecule has 0 radical (unpaired) electrons. The Balaban J connectivity index is 1.78. The highest BCUT2D eigenvalue weighted by molar-refractivity contribution is 5.99. The smallest absolute Gasteiger partial charge is 0.407 e. The normalized spacial score (nSPS) is 11.0. The second-order valence-corrected chi connectivity index (χ2v) is 6.19. The number of anilines is 1. The highest BCUT2D eigenvalue weighted by Crippen LogP contribution is 2.20. The first kappa shape index (κ1) is 17.5. The highest BCUT2D eigenvalue weighted by atomic mass is 16.6. The Morgan fingerprint density at radius 3 is 2.54 bits per heavy atom. The topological polar surface area (TPSA) is 92.4 Å². The van der Waals surface area contributed by atoms with Gasteiger partial charge < -0.3 is 20.7 Å². The van der Waals surface area contributed by atoms with E-state index in [2.05, 4.69) is 20.9 Å². The van der Waals surface area contributed by atoms with Gasteiger partial charge in [-0.3, -0.25) is 4.98 Å². The fourth-order valence-corrected chi connectivity index (χ4v) is 2.03. The fourth-order valence-electron chi connectivity index (χ4n) is 2.03. The van der Waals surface area contributed by atoms with Gasteiger partial charge in [-0.05, 0) is 32.9 Å². The van der Waals surface area contributed by atoms with Gasteiger partial charge in [-0.15, -0.1) is 0 Å². The van der Waals surface area contributed by atoms with E-state index in [-0.39, 0.29) is 19.1 Å². The number of nitrogens with zero attached hydrogens (tertiary/aromatic N) is 1. The second-order valence-electron chi connectivity index (χ2n) is 6.19. The Morgan fingerprint density at radius 1 is 1.08 bits per heavy atom. The Hall–Kier alpha value is -2.83. The summed E-state index contributed by atoms with van der Waals surface area (Å²) in [6.07, 6.45) is 1.17. The zero-order valence-corrected chi connectivity index (χ0v) is 14.1. The molecule has 128 valence electrons. The number of aromatic nitrogens is 1. The van der Waals surface area contributed by atoms with Crippen LogP contribution in [-0.2, 0) is 4.74 Å². The summed E-state index contributed by atoms with van der Waals surface area (Å²) in [5, 5.41) is 8.94. The van der Waals surface area contributed by atoms with Gasteiger partial charge in [0.1, 0.15) is 5.60 Å². The van der Waals surface area contributed by atoms with Crippen LogP contribution in [0.4, 0.5) is 15.3 Å². The molecular formula is C17H22N4O3. The Bertz CT molecular complexity index is 720. The maximum atomic E-state index is 11.9. The van der Waals surface area contributed by atoms with Crippen molar-refractivity contribution in [2.75, 3.05) is 18.4 Å². The third-order valence-corrected chi connectivity index (χ3v) is 2.96. The van der Waals surface area contributed by atoms with Gasteiger partial charge in [-0.25, -0.2) is 9.59 Å². The number of hydrogen-bond donors (Lipinski definition) is 3. The van der Waals surface area contributed by atoms with Crippen LogP contribution in [0.15, 0.2) is 36.5 Å². The molecule has 0 unspecified atom stereocenters. The van der Waals surface area contributed by atoms with E-state index in [9.17, 15) is 9.59 Å². The van der Waals surface area contributed by atoms with E-state index >= 15 is 0 Å². The lowest BCUT2D eigenvalue weighted by atomic mass is 10.2. The molecule has 0 aliphatic heterocycles. The van der Waals surface area contributed by atoms with Gasteiger partial charge in [0.15, 0.2) is 0 Å². The second kappa shape index (κ2) is 7.63. The monoisotopic (exact) mass is 330 g/mol. The molecule has 0 fully saturated rings. The van der Waals surface area contributed by atoms with E-state index in [1.807, 2.05) is 24.3 Å². The molecule has 0 aliphatic carbocycles. The molecule has 0 bridgehead atoms. The maximum Gasteiger partial charge on any atom is 0.407 e. The number of carbonyl (C=O) groups is 2. The number of para-hydroxylation sites is 1. The van der Waals surface area contributed by atoms with Crippen LogP contribution in [0.25, 0.3) is 10.9 Å². The summed E-state index contributed by atoms with van der Waals surface area (Å²) < 4.78 is 5.10. The van der Waals surface area contributed by atoms with E-state index < -0.39 is 11.7 Å². The highest BCUT2D eigenvalue weighted by Gasteiger charge is 2.15. The molecular weight excluding hydrogens is 308 g/mol. The minimum absolute atomic E-state index is 0.274. The van der Waals surface area contributed by atoms with Crippen LogP contribution < -0.4 is 16.0 Å². The number of ether oxygens (including phenoxy) is 1. The van der Waals surface area contributed by atoms with Crippen LogP contribution in [0.2, 0.25) is 0 Å². The standard InChI is InChI=1S/C17H22N4O3/c1-17(2,3)24-16(23)20-11-10-19-15(22)21-13-8-4-6-12-7-5-9-18-14(12)13/h4-9H,10-11H2,1-3H3,(H,20,23)(H2,19,21,22). The lowest BCUT2D eigenvalue weighted by molar-refractivity contribution is 0.0528. The molecule has 3 N–H and O–H groups in total. The van der Waals surface area contributed by atoms with Gasteiger partial charge in [0, 0.05) is 24.7 Å². The molecule has 7 heteroatoms. The van der Waals surface area contributed by atoms with E-state index in [4.69, 9.17) is 4.74 Å². The number of amides is 3. The number of pyridine rings is 1. The molecule has 2 aromatic rings. The molecule has 3 amide bonds. The van der Waals surface area contributed by atoms with Gasteiger partial charge in [0.05, 0.1) is 11.2 Å². The lowest BCUT2D eigenvalue weighted by Gasteiger charge is -2.19. The van der Waals surface area contributed by atoms with Crippen LogP contribution in [0.5, 0.6) is 0 Å². The van der Waals surface area contributed by atoms with Crippen molar-refractivity contribution in [2.24, 2.45) is 0 Å². The Kier molecular flexibility index (Phi) is 5.57. The first-order chi connectivity index (χ1) is 11.3. The average Bonchev–Trinajstić information content (AvgIpc) is 2.50. The SMILES string of the molecule is CC(C)(C)OC(=O)NCCNC(=O)Nc1cccc2cccnc12. The molecule has 0 saturated heterocycles. The number of hydrogen-bond acceptors (Lipinski definition) is 4. The molecule has 1 aromatic heterocycles. The lowest BCUT2D eigenvalue weighted by Crippen LogP contribution is -2.39. The summed E-state index contributed by atoms with van der Waals surface area (Å²) in [6, 6.07) is 8.97. The van der Waals surface area contributed by atoms with Crippen LogP contribution in [-0.4, -0.2) is 35.8 Å². The third kappa shape index (κ3) is 5.42. The maximum absolute atomic E-state index is 11.9. The van der Waals surface area contributed by atoms with E-state index in [0.717, 1.165) is 10.9 Å². The van der Waals surface area contributed by atoms with E-state index in [1.54, 1.807) is 33.0 Å². The third-order valence-electron chi connectivity index (χ3n) is 2.96. The van der Waals surface area contributed by atoms with Gasteiger partial charge in [-0.2, -0.15) is 0 Å². The van der Waals surface area contributed by atoms with Crippen molar-refractivity contribution in [1.82, 2.24) is 15.6 Å². The zero-order valence-electron chi connectivity index (χ0n) is 14.1. The summed E-state index contributed by atoms with van der Waals surface area (Å²) in [5.74, 6) is 0. The van der Waals surface area contributed by atoms with Crippen LogP contribution in [0.1, 0.15) is 20.8 Å². The Labute approximate surface area is 140 Å². The van der Waals surface area contributed by atoms with Crippen molar-refractivity contribution in [3.63, 3.8) is 0 Å². The van der Waals surface area contributed by atoms with Crippen molar-refractivity contribution in [2.45, 2.75) is 26.4 Å². The van der Waals surface area contributed by atoms with Gasteiger partial charge >= 0.3 is 12.1 Å². The quantitative estimate of drug-likeness (QED) is 0.752.